The van der Waals surface area contributed by atoms with E-state index < -0.39 is 0 Å². The SMILES string of the molecule is CCn1cc(C2=C(c3cn(Cc4ccccc4)c4cc(Cl)ccc34)C(=O)NC2=O)c2ccccc21. The van der Waals surface area contributed by atoms with Crippen LogP contribution in [-0.4, -0.2) is 20.9 Å². The number of rotatable bonds is 5. The number of para-hydroxylation sites is 1. The average molecular weight is 480 g/mol. The number of amides is 2. The number of aromatic nitrogens is 2. The first kappa shape index (κ1) is 21.4. The number of carbonyl (C=O) groups is 2. The lowest BCUT2D eigenvalue weighted by Gasteiger charge is -2.05. The monoisotopic (exact) mass is 479 g/mol. The van der Waals surface area contributed by atoms with E-state index in [0.29, 0.717) is 22.7 Å². The molecular weight excluding hydrogens is 458 g/mol. The largest absolute Gasteiger partial charge is 0.347 e. The van der Waals surface area contributed by atoms with Gasteiger partial charge in [0.25, 0.3) is 11.8 Å². The predicted molar refractivity (Wildman–Crippen MR) is 140 cm³/mol. The van der Waals surface area contributed by atoms with Crippen LogP contribution in [0.2, 0.25) is 5.02 Å². The van der Waals surface area contributed by atoms with E-state index in [2.05, 4.69) is 33.5 Å². The molecule has 1 N–H and O–H groups in total. The fourth-order valence-electron chi connectivity index (χ4n) is 5.05. The molecule has 0 saturated carbocycles. The number of carbonyl (C=O) groups excluding carboxylic acids is 2. The van der Waals surface area contributed by atoms with E-state index in [4.69, 9.17) is 11.6 Å². The van der Waals surface area contributed by atoms with Crippen molar-refractivity contribution in [1.82, 2.24) is 14.5 Å². The van der Waals surface area contributed by atoms with Crippen LogP contribution in [0.3, 0.4) is 0 Å². The molecular formula is C29H22ClN3O2. The van der Waals surface area contributed by atoms with E-state index in [1.165, 1.54) is 0 Å². The smallest absolute Gasteiger partial charge is 0.259 e. The molecule has 0 unspecified atom stereocenters. The van der Waals surface area contributed by atoms with Crippen molar-refractivity contribution in [3.05, 3.63) is 107 Å². The van der Waals surface area contributed by atoms with Gasteiger partial charge in [-0.05, 0) is 30.7 Å². The molecule has 3 heterocycles. The zero-order chi connectivity index (χ0) is 24.1. The highest BCUT2D eigenvalue weighted by Gasteiger charge is 2.35. The van der Waals surface area contributed by atoms with Gasteiger partial charge < -0.3 is 9.13 Å². The highest BCUT2D eigenvalue weighted by atomic mass is 35.5. The molecule has 1 aliphatic heterocycles. The highest BCUT2D eigenvalue weighted by Crippen LogP contribution is 2.39. The molecule has 6 rings (SSSR count). The fourth-order valence-corrected chi connectivity index (χ4v) is 5.22. The van der Waals surface area contributed by atoms with Crippen molar-refractivity contribution < 1.29 is 9.59 Å². The number of halogens is 1. The van der Waals surface area contributed by atoms with E-state index in [9.17, 15) is 9.59 Å². The number of hydrogen-bond donors (Lipinski definition) is 1. The molecule has 5 nitrogen and oxygen atoms in total. The van der Waals surface area contributed by atoms with Crippen LogP contribution in [0, 0.1) is 0 Å². The molecule has 5 aromatic rings. The topological polar surface area (TPSA) is 56.0 Å². The molecule has 6 heteroatoms. The number of aryl methyl sites for hydroxylation is 1. The van der Waals surface area contributed by atoms with Crippen LogP contribution in [0.4, 0.5) is 0 Å². The Morgan fingerprint density at radius 3 is 2.09 bits per heavy atom. The van der Waals surface area contributed by atoms with Gasteiger partial charge in [0.15, 0.2) is 0 Å². The molecule has 2 amide bonds. The van der Waals surface area contributed by atoms with Gasteiger partial charge in [-0.25, -0.2) is 0 Å². The van der Waals surface area contributed by atoms with Crippen molar-refractivity contribution in [2.75, 3.05) is 0 Å². The lowest BCUT2D eigenvalue weighted by Crippen LogP contribution is -2.22. The molecule has 0 atom stereocenters. The van der Waals surface area contributed by atoms with Gasteiger partial charge in [0.1, 0.15) is 0 Å². The third-order valence-electron chi connectivity index (χ3n) is 6.64. The molecule has 0 fully saturated rings. The minimum absolute atomic E-state index is 0.373. The predicted octanol–water partition coefficient (Wildman–Crippen LogP) is 5.88. The Morgan fingerprint density at radius 2 is 1.37 bits per heavy atom. The summed E-state index contributed by atoms with van der Waals surface area (Å²) < 4.78 is 4.19. The molecule has 3 aromatic carbocycles. The van der Waals surface area contributed by atoms with Gasteiger partial charge in [0.05, 0.1) is 16.7 Å². The van der Waals surface area contributed by atoms with Crippen LogP contribution in [0.5, 0.6) is 0 Å². The third kappa shape index (κ3) is 3.47. The number of benzene rings is 3. The number of imide groups is 1. The van der Waals surface area contributed by atoms with Crippen molar-refractivity contribution in [3.63, 3.8) is 0 Å². The van der Waals surface area contributed by atoms with E-state index in [0.717, 1.165) is 45.0 Å². The van der Waals surface area contributed by atoms with Crippen LogP contribution in [0.25, 0.3) is 33.0 Å². The zero-order valence-electron chi connectivity index (χ0n) is 19.1. The van der Waals surface area contributed by atoms with Crippen molar-refractivity contribution in [2.24, 2.45) is 0 Å². The van der Waals surface area contributed by atoms with Gasteiger partial charge in [0, 0.05) is 57.9 Å². The first-order valence-electron chi connectivity index (χ1n) is 11.6. The second-order valence-corrected chi connectivity index (χ2v) is 9.13. The maximum absolute atomic E-state index is 13.2. The summed E-state index contributed by atoms with van der Waals surface area (Å²) in [6, 6.07) is 23.7. The summed E-state index contributed by atoms with van der Waals surface area (Å²) in [5.74, 6) is -0.756. The van der Waals surface area contributed by atoms with Crippen LogP contribution in [-0.2, 0) is 22.7 Å². The lowest BCUT2D eigenvalue weighted by molar-refractivity contribution is -0.122. The number of fused-ring (bicyclic) bond motifs is 2. The Hall–Kier alpha value is -4.09. The van der Waals surface area contributed by atoms with E-state index in [1.54, 1.807) is 0 Å². The second-order valence-electron chi connectivity index (χ2n) is 8.70. The Bertz CT molecular complexity index is 1670. The average Bonchev–Trinajstić information content (AvgIpc) is 3.50. The molecule has 0 aliphatic carbocycles. The van der Waals surface area contributed by atoms with Gasteiger partial charge in [-0.2, -0.15) is 0 Å². The molecule has 0 bridgehead atoms. The minimum Gasteiger partial charge on any atom is -0.347 e. The Labute approximate surface area is 207 Å². The molecule has 35 heavy (non-hydrogen) atoms. The number of hydrogen-bond acceptors (Lipinski definition) is 2. The standard InChI is InChI=1S/C29H22ClN3O2/c1-2-32-16-22(20-10-6-7-11-24(20)32)26-27(29(35)31-28(26)34)23-17-33(15-18-8-4-3-5-9-18)25-14-19(30)12-13-21(23)25/h3-14,16-17H,2,15H2,1H3,(H,31,34,35). The van der Waals surface area contributed by atoms with E-state index >= 15 is 0 Å². The maximum Gasteiger partial charge on any atom is 0.259 e. The summed E-state index contributed by atoms with van der Waals surface area (Å²) in [4.78, 5) is 26.4. The van der Waals surface area contributed by atoms with Crippen LogP contribution in [0.1, 0.15) is 23.6 Å². The van der Waals surface area contributed by atoms with Crippen LogP contribution in [0.15, 0.2) is 85.2 Å². The highest BCUT2D eigenvalue weighted by molar-refractivity contribution is 6.50. The fraction of sp³-hybridized carbons (Fsp3) is 0.103. The minimum atomic E-state index is -0.382. The third-order valence-corrected chi connectivity index (χ3v) is 6.87. The summed E-state index contributed by atoms with van der Waals surface area (Å²) in [6.07, 6.45) is 3.93. The van der Waals surface area contributed by atoms with Gasteiger partial charge in [0.2, 0.25) is 0 Å². The van der Waals surface area contributed by atoms with Crippen molar-refractivity contribution >= 4 is 56.4 Å². The lowest BCUT2D eigenvalue weighted by atomic mass is 9.95. The zero-order valence-corrected chi connectivity index (χ0v) is 19.8. The normalized spacial score (nSPS) is 13.9. The molecule has 0 radical (unpaired) electrons. The Balaban J connectivity index is 1.62. The molecule has 0 saturated heterocycles. The van der Waals surface area contributed by atoms with E-state index in [1.807, 2.05) is 73.1 Å². The summed E-state index contributed by atoms with van der Waals surface area (Å²) in [5, 5.41) is 4.98. The quantitative estimate of drug-likeness (QED) is 0.320. The van der Waals surface area contributed by atoms with Gasteiger partial charge >= 0.3 is 0 Å². The second kappa shape index (κ2) is 8.29. The molecule has 172 valence electrons. The van der Waals surface area contributed by atoms with E-state index in [-0.39, 0.29) is 11.8 Å². The molecule has 1 aliphatic rings. The maximum atomic E-state index is 13.2. The summed E-state index contributed by atoms with van der Waals surface area (Å²) in [5.41, 5.74) is 5.36. The number of nitrogens with zero attached hydrogens (tertiary/aromatic N) is 2. The molecule has 2 aromatic heterocycles. The Kier molecular flexibility index (Phi) is 5.08. The van der Waals surface area contributed by atoms with Crippen LogP contribution < -0.4 is 5.32 Å². The van der Waals surface area contributed by atoms with Gasteiger partial charge in [-0.15, -0.1) is 0 Å². The van der Waals surface area contributed by atoms with Gasteiger partial charge in [-0.3, -0.25) is 14.9 Å². The molecule has 0 spiro atoms. The van der Waals surface area contributed by atoms with Gasteiger partial charge in [-0.1, -0.05) is 66.2 Å². The van der Waals surface area contributed by atoms with Crippen LogP contribution >= 0.6 is 11.6 Å². The summed E-state index contributed by atoms with van der Waals surface area (Å²) in [7, 11) is 0. The number of nitrogens with one attached hydrogen (secondary N) is 1. The van der Waals surface area contributed by atoms with Crippen molar-refractivity contribution in [2.45, 2.75) is 20.0 Å². The van der Waals surface area contributed by atoms with Crippen molar-refractivity contribution in [1.29, 1.82) is 0 Å². The van der Waals surface area contributed by atoms with Crippen molar-refractivity contribution in [3.8, 4) is 0 Å². The first-order valence-corrected chi connectivity index (χ1v) is 11.9. The Morgan fingerprint density at radius 1 is 0.743 bits per heavy atom. The summed E-state index contributed by atoms with van der Waals surface area (Å²) >= 11 is 6.36. The first-order chi connectivity index (χ1) is 17.0. The summed E-state index contributed by atoms with van der Waals surface area (Å²) in [6.45, 7) is 3.44.